The van der Waals surface area contributed by atoms with Gasteiger partial charge in [-0.2, -0.15) is 0 Å². The second kappa shape index (κ2) is 5.01. The van der Waals surface area contributed by atoms with E-state index in [1.807, 2.05) is 0 Å². The lowest BCUT2D eigenvalue weighted by atomic mass is 10.4. The minimum absolute atomic E-state index is 0.0940. The third-order valence-corrected chi connectivity index (χ3v) is 1.16. The molecule has 0 aliphatic carbocycles. The fourth-order valence-electron chi connectivity index (χ4n) is 0.613. The van der Waals surface area contributed by atoms with Crippen LogP contribution in [0.3, 0.4) is 0 Å². The van der Waals surface area contributed by atoms with Gasteiger partial charge in [-0.1, -0.05) is 0 Å². The van der Waals surface area contributed by atoms with E-state index in [1.165, 1.54) is 11.9 Å². The van der Waals surface area contributed by atoms with Crippen LogP contribution in [0.5, 0.6) is 0 Å². The molecule has 0 aromatic carbocycles. The van der Waals surface area contributed by atoms with Crippen LogP contribution >= 0.6 is 0 Å². The highest BCUT2D eigenvalue weighted by molar-refractivity contribution is 5.66. The number of carboxylic acid groups (broad SMARTS) is 1. The lowest BCUT2D eigenvalue weighted by molar-refractivity contribution is -0.137. The van der Waals surface area contributed by atoms with Crippen molar-refractivity contribution in [2.45, 2.75) is 12.8 Å². The van der Waals surface area contributed by atoms with Gasteiger partial charge in [-0.05, 0) is 7.05 Å². The van der Waals surface area contributed by atoms with Gasteiger partial charge in [0.15, 0.2) is 0 Å². The third kappa shape index (κ3) is 7.18. The molecule has 0 aliphatic rings. The van der Waals surface area contributed by atoms with Gasteiger partial charge >= 0.3 is 5.97 Å². The Morgan fingerprint density at radius 1 is 1.64 bits per heavy atom. The Hall–Kier alpha value is -0.710. The Balaban J connectivity index is 3.37. The Bertz CT molecular complexity index is 130. The first kappa shape index (κ1) is 10.3. The first-order chi connectivity index (χ1) is 5.02. The van der Waals surface area contributed by atoms with Crippen molar-refractivity contribution in [1.82, 2.24) is 4.90 Å². The fraction of sp³-hybridized carbons (Fsp3) is 0.833. The average molecular weight is 167 g/mol. The molecular weight excluding hydrogens is 156 g/mol. The Morgan fingerprint density at radius 2 is 2.18 bits per heavy atom. The molecule has 0 atom stereocenters. The van der Waals surface area contributed by atoms with E-state index >= 15 is 0 Å². The van der Waals surface area contributed by atoms with E-state index in [-0.39, 0.29) is 19.5 Å². The first-order valence-corrected chi connectivity index (χ1v) is 3.21. The molecule has 0 aromatic heterocycles. The number of alkyl halides is 2. The molecule has 0 heterocycles. The molecule has 0 spiro atoms. The van der Waals surface area contributed by atoms with Crippen molar-refractivity contribution in [2.24, 2.45) is 0 Å². The molecule has 0 amide bonds. The van der Waals surface area contributed by atoms with Crippen LogP contribution in [-0.4, -0.2) is 42.5 Å². The zero-order valence-corrected chi connectivity index (χ0v) is 6.26. The van der Waals surface area contributed by atoms with Crippen molar-refractivity contribution in [3.05, 3.63) is 0 Å². The van der Waals surface area contributed by atoms with Crippen LogP contribution in [-0.2, 0) is 4.79 Å². The molecular formula is C6H11F2NO2. The maximum atomic E-state index is 11.6. The summed E-state index contributed by atoms with van der Waals surface area (Å²) >= 11 is 0. The molecule has 3 nitrogen and oxygen atoms in total. The smallest absolute Gasteiger partial charge is 0.304 e. The van der Waals surface area contributed by atoms with E-state index in [0.29, 0.717) is 0 Å². The Morgan fingerprint density at radius 3 is 2.55 bits per heavy atom. The standard InChI is InChI=1S/C6H11F2NO2/c1-9(4-5(7)8)3-2-6(10)11/h5H,2-4H2,1H3,(H,10,11). The van der Waals surface area contributed by atoms with Crippen LogP contribution in [0.25, 0.3) is 0 Å². The van der Waals surface area contributed by atoms with Gasteiger partial charge in [-0.15, -0.1) is 0 Å². The first-order valence-electron chi connectivity index (χ1n) is 3.21. The SMILES string of the molecule is CN(CCC(=O)O)CC(F)F. The van der Waals surface area contributed by atoms with E-state index in [9.17, 15) is 13.6 Å². The number of hydrogen-bond donors (Lipinski definition) is 1. The number of aliphatic carboxylic acids is 1. The van der Waals surface area contributed by atoms with Gasteiger partial charge in [0.1, 0.15) is 0 Å². The zero-order valence-electron chi connectivity index (χ0n) is 6.26. The van der Waals surface area contributed by atoms with E-state index in [2.05, 4.69) is 0 Å². The van der Waals surface area contributed by atoms with Gasteiger partial charge < -0.3 is 10.0 Å². The highest BCUT2D eigenvalue weighted by atomic mass is 19.3. The molecule has 0 rings (SSSR count). The maximum absolute atomic E-state index is 11.6. The average Bonchev–Trinajstić information content (AvgIpc) is 1.82. The van der Waals surface area contributed by atoms with E-state index in [0.717, 1.165) is 0 Å². The Labute approximate surface area is 63.6 Å². The summed E-state index contributed by atoms with van der Waals surface area (Å²) in [5.74, 6) is -0.967. The number of carbonyl (C=O) groups is 1. The minimum Gasteiger partial charge on any atom is -0.481 e. The van der Waals surface area contributed by atoms with Crippen LogP contribution in [0.4, 0.5) is 8.78 Å². The molecule has 0 aliphatic heterocycles. The number of hydrogen-bond acceptors (Lipinski definition) is 2. The molecule has 0 saturated carbocycles. The summed E-state index contributed by atoms with van der Waals surface area (Å²) in [6, 6.07) is 0. The summed E-state index contributed by atoms with van der Waals surface area (Å²) in [5, 5.41) is 8.18. The summed E-state index contributed by atoms with van der Waals surface area (Å²) in [4.78, 5) is 11.3. The molecule has 0 unspecified atom stereocenters. The summed E-state index contributed by atoms with van der Waals surface area (Å²) in [6.07, 6.45) is -2.49. The summed E-state index contributed by atoms with van der Waals surface area (Å²) in [5.41, 5.74) is 0. The van der Waals surface area contributed by atoms with Crippen LogP contribution in [0, 0.1) is 0 Å². The quantitative estimate of drug-likeness (QED) is 0.653. The number of halogens is 2. The van der Waals surface area contributed by atoms with Gasteiger partial charge in [0.25, 0.3) is 6.43 Å². The molecule has 0 aromatic rings. The third-order valence-electron chi connectivity index (χ3n) is 1.16. The van der Waals surface area contributed by atoms with Crippen molar-refractivity contribution in [1.29, 1.82) is 0 Å². The van der Waals surface area contributed by atoms with Crippen molar-refractivity contribution in [2.75, 3.05) is 20.1 Å². The second-order valence-electron chi connectivity index (χ2n) is 2.30. The highest BCUT2D eigenvalue weighted by Gasteiger charge is 2.08. The highest BCUT2D eigenvalue weighted by Crippen LogP contribution is 1.96. The largest absolute Gasteiger partial charge is 0.481 e. The van der Waals surface area contributed by atoms with E-state index in [1.54, 1.807) is 0 Å². The monoisotopic (exact) mass is 167 g/mol. The van der Waals surface area contributed by atoms with Crippen LogP contribution in [0.15, 0.2) is 0 Å². The fourth-order valence-corrected chi connectivity index (χ4v) is 0.613. The molecule has 1 N–H and O–H groups in total. The lowest BCUT2D eigenvalue weighted by Gasteiger charge is -2.13. The van der Waals surface area contributed by atoms with Gasteiger partial charge in [0.05, 0.1) is 13.0 Å². The minimum atomic E-state index is -2.39. The van der Waals surface area contributed by atoms with Gasteiger partial charge in [-0.25, -0.2) is 8.78 Å². The number of rotatable bonds is 5. The summed E-state index contributed by atoms with van der Waals surface area (Å²) < 4.78 is 23.2. The Kier molecular flexibility index (Phi) is 4.69. The molecule has 5 heteroatoms. The van der Waals surface area contributed by atoms with Crippen LogP contribution in [0.2, 0.25) is 0 Å². The molecule has 0 saturated heterocycles. The maximum Gasteiger partial charge on any atom is 0.304 e. The normalized spacial score (nSPS) is 11.0. The van der Waals surface area contributed by atoms with Crippen LogP contribution in [0.1, 0.15) is 6.42 Å². The van der Waals surface area contributed by atoms with Crippen LogP contribution < -0.4 is 0 Å². The van der Waals surface area contributed by atoms with Gasteiger partial charge in [0.2, 0.25) is 0 Å². The molecule has 11 heavy (non-hydrogen) atoms. The topological polar surface area (TPSA) is 40.5 Å². The predicted molar refractivity (Wildman–Crippen MR) is 35.8 cm³/mol. The molecule has 0 fully saturated rings. The van der Waals surface area contributed by atoms with Crippen molar-refractivity contribution in [3.8, 4) is 0 Å². The van der Waals surface area contributed by atoms with E-state index in [4.69, 9.17) is 5.11 Å². The van der Waals surface area contributed by atoms with E-state index < -0.39 is 12.4 Å². The molecule has 0 radical (unpaired) electrons. The number of nitrogens with zero attached hydrogens (tertiary/aromatic N) is 1. The van der Waals surface area contributed by atoms with Crippen molar-refractivity contribution < 1.29 is 18.7 Å². The summed E-state index contributed by atoms with van der Waals surface area (Å²) in [7, 11) is 1.47. The predicted octanol–water partition coefficient (Wildman–Crippen LogP) is 0.658. The van der Waals surface area contributed by atoms with Gasteiger partial charge in [-0.3, -0.25) is 4.79 Å². The van der Waals surface area contributed by atoms with Gasteiger partial charge in [0, 0.05) is 6.54 Å². The number of carboxylic acids is 1. The zero-order chi connectivity index (χ0) is 8.85. The van der Waals surface area contributed by atoms with Crippen molar-refractivity contribution >= 4 is 5.97 Å². The summed E-state index contributed by atoms with van der Waals surface area (Å²) in [6.45, 7) is -0.201. The lowest BCUT2D eigenvalue weighted by Crippen LogP contribution is -2.26. The second-order valence-corrected chi connectivity index (χ2v) is 2.30. The van der Waals surface area contributed by atoms with Crippen molar-refractivity contribution in [3.63, 3.8) is 0 Å². The molecule has 0 bridgehead atoms. The molecule has 66 valence electrons.